The van der Waals surface area contributed by atoms with Crippen LogP contribution < -0.4 is 4.72 Å². The van der Waals surface area contributed by atoms with E-state index in [1.807, 2.05) is 6.92 Å². The van der Waals surface area contributed by atoms with E-state index in [9.17, 15) is 18.0 Å². The van der Waals surface area contributed by atoms with E-state index in [1.54, 1.807) is 17.0 Å². The normalized spacial score (nSPS) is 17.2. The van der Waals surface area contributed by atoms with E-state index in [0.717, 1.165) is 5.56 Å². The number of carbonyl (C=O) groups excluding carboxylic acids is 2. The van der Waals surface area contributed by atoms with Crippen molar-refractivity contribution in [3.63, 3.8) is 0 Å². The number of ether oxygens (including phenoxy) is 1. The molecule has 1 aromatic rings. The molecular weight excluding hydrogens is 344 g/mol. The van der Waals surface area contributed by atoms with Crippen LogP contribution in [0.3, 0.4) is 0 Å². The highest BCUT2D eigenvalue weighted by Gasteiger charge is 2.31. The summed E-state index contributed by atoms with van der Waals surface area (Å²) in [7, 11) is -2.41. The first-order valence-corrected chi connectivity index (χ1v) is 9.68. The van der Waals surface area contributed by atoms with Gasteiger partial charge in [-0.3, -0.25) is 9.59 Å². The average Bonchev–Trinajstić information content (AvgIpc) is 2.60. The minimum absolute atomic E-state index is 0.127. The Morgan fingerprint density at radius 3 is 2.28 bits per heavy atom. The maximum absolute atomic E-state index is 12.5. The zero-order valence-electron chi connectivity index (χ0n) is 14.7. The van der Waals surface area contributed by atoms with Crippen LogP contribution in [0.4, 0.5) is 0 Å². The van der Waals surface area contributed by atoms with Crippen molar-refractivity contribution in [2.45, 2.75) is 37.6 Å². The topological polar surface area (TPSA) is 92.8 Å². The highest BCUT2D eigenvalue weighted by molar-refractivity contribution is 7.89. The lowest BCUT2D eigenvalue weighted by molar-refractivity contribution is -0.149. The molecule has 2 rings (SSSR count). The Kier molecular flexibility index (Phi) is 6.18. The van der Waals surface area contributed by atoms with Crippen molar-refractivity contribution in [3.8, 4) is 0 Å². The van der Waals surface area contributed by atoms with E-state index in [4.69, 9.17) is 4.74 Å². The lowest BCUT2D eigenvalue weighted by atomic mass is 9.96. The molecule has 1 amide bonds. The van der Waals surface area contributed by atoms with E-state index in [-0.39, 0.29) is 22.7 Å². The predicted octanol–water partition coefficient (Wildman–Crippen LogP) is 1.07. The van der Waals surface area contributed by atoms with Crippen LogP contribution in [0.5, 0.6) is 0 Å². The van der Waals surface area contributed by atoms with E-state index < -0.39 is 16.1 Å². The fourth-order valence-corrected chi connectivity index (χ4v) is 4.04. The number of carbonyl (C=O) groups is 2. The number of amides is 1. The van der Waals surface area contributed by atoms with E-state index in [2.05, 4.69) is 4.72 Å². The molecule has 8 heteroatoms. The molecule has 0 aromatic heterocycles. The van der Waals surface area contributed by atoms with Crippen LogP contribution >= 0.6 is 0 Å². The van der Waals surface area contributed by atoms with Crippen molar-refractivity contribution in [2.75, 3.05) is 20.2 Å². The molecule has 1 unspecified atom stereocenters. The highest BCUT2D eigenvalue weighted by atomic mass is 32.2. The second kappa shape index (κ2) is 7.97. The second-order valence-electron chi connectivity index (χ2n) is 6.28. The van der Waals surface area contributed by atoms with Crippen molar-refractivity contribution in [1.82, 2.24) is 9.62 Å². The Labute approximate surface area is 148 Å². The number of hydrogen-bond acceptors (Lipinski definition) is 5. The first-order chi connectivity index (χ1) is 11.7. The molecule has 1 atom stereocenters. The number of aryl methyl sites for hydroxylation is 1. The summed E-state index contributed by atoms with van der Waals surface area (Å²) in [6.45, 7) is 4.22. The minimum atomic E-state index is -3.76. The number of nitrogens with one attached hydrogen (secondary N) is 1. The molecule has 7 nitrogen and oxygen atoms in total. The first kappa shape index (κ1) is 19.4. The molecule has 0 saturated carbocycles. The maximum atomic E-state index is 12.5. The van der Waals surface area contributed by atoms with E-state index in [0.29, 0.717) is 25.9 Å². The van der Waals surface area contributed by atoms with Crippen LogP contribution in [0.1, 0.15) is 25.3 Å². The number of hydrogen-bond donors (Lipinski definition) is 1. The summed E-state index contributed by atoms with van der Waals surface area (Å²) >= 11 is 0. The number of methoxy groups -OCH3 is 1. The summed E-state index contributed by atoms with van der Waals surface area (Å²) < 4.78 is 31.9. The summed E-state index contributed by atoms with van der Waals surface area (Å²) in [5.74, 6) is -0.757. The molecule has 0 bridgehead atoms. The average molecular weight is 368 g/mol. The molecule has 138 valence electrons. The summed E-state index contributed by atoms with van der Waals surface area (Å²) in [5.41, 5.74) is 0.955. The maximum Gasteiger partial charge on any atom is 0.308 e. The zero-order chi connectivity index (χ0) is 18.6. The Bertz CT molecular complexity index is 722. The van der Waals surface area contributed by atoms with Gasteiger partial charge >= 0.3 is 5.97 Å². The Balaban J connectivity index is 1.96. The van der Waals surface area contributed by atoms with Gasteiger partial charge in [-0.05, 0) is 38.8 Å². The Hall–Kier alpha value is -1.93. The highest BCUT2D eigenvalue weighted by Crippen LogP contribution is 2.19. The van der Waals surface area contributed by atoms with Crippen molar-refractivity contribution in [2.24, 2.45) is 5.92 Å². The Morgan fingerprint density at radius 1 is 1.20 bits per heavy atom. The number of sulfonamides is 1. The standard InChI is InChI=1S/C17H24N2O5S/c1-12-4-6-15(7-5-12)25(22,23)18-13(2)16(20)19-10-8-14(9-11-19)17(21)24-3/h4-7,13-14,18H,8-11H2,1-3H3. The van der Waals surface area contributed by atoms with E-state index >= 15 is 0 Å². The summed E-state index contributed by atoms with van der Waals surface area (Å²) in [4.78, 5) is 25.7. The molecule has 0 radical (unpaired) electrons. The molecule has 1 saturated heterocycles. The molecule has 1 aliphatic rings. The van der Waals surface area contributed by atoms with Crippen LogP contribution in [-0.4, -0.2) is 51.4 Å². The molecule has 1 heterocycles. The van der Waals surface area contributed by atoms with Crippen LogP contribution in [-0.2, 0) is 24.3 Å². The van der Waals surface area contributed by atoms with Crippen LogP contribution in [0.15, 0.2) is 29.2 Å². The fourth-order valence-electron chi connectivity index (χ4n) is 2.84. The second-order valence-corrected chi connectivity index (χ2v) is 7.99. The van der Waals surface area contributed by atoms with Gasteiger partial charge in [0, 0.05) is 13.1 Å². The van der Waals surface area contributed by atoms with Crippen molar-refractivity contribution >= 4 is 21.9 Å². The van der Waals surface area contributed by atoms with Gasteiger partial charge in [-0.1, -0.05) is 17.7 Å². The number of benzene rings is 1. The quantitative estimate of drug-likeness (QED) is 0.785. The predicted molar refractivity (Wildman–Crippen MR) is 92.3 cm³/mol. The van der Waals surface area contributed by atoms with Crippen LogP contribution in [0.25, 0.3) is 0 Å². The third-order valence-electron chi connectivity index (χ3n) is 4.37. The third kappa shape index (κ3) is 4.79. The van der Waals surface area contributed by atoms with Gasteiger partial charge in [-0.15, -0.1) is 0 Å². The number of piperidine rings is 1. The summed E-state index contributed by atoms with van der Waals surface area (Å²) in [6.07, 6.45) is 1.05. The van der Waals surface area contributed by atoms with Crippen LogP contribution in [0.2, 0.25) is 0 Å². The number of rotatable bonds is 5. The molecule has 0 spiro atoms. The molecule has 0 aliphatic carbocycles. The molecule has 25 heavy (non-hydrogen) atoms. The van der Waals surface area contributed by atoms with Crippen LogP contribution in [0, 0.1) is 12.8 Å². The van der Waals surface area contributed by atoms with Gasteiger partial charge in [0.15, 0.2) is 0 Å². The van der Waals surface area contributed by atoms with Crippen molar-refractivity contribution in [3.05, 3.63) is 29.8 Å². The van der Waals surface area contributed by atoms with Gasteiger partial charge < -0.3 is 9.64 Å². The summed E-state index contributed by atoms with van der Waals surface area (Å²) in [5, 5.41) is 0. The van der Waals surface area contributed by atoms with Crippen molar-refractivity contribution in [1.29, 1.82) is 0 Å². The van der Waals surface area contributed by atoms with Gasteiger partial charge in [-0.25, -0.2) is 8.42 Å². The van der Waals surface area contributed by atoms with Crippen molar-refractivity contribution < 1.29 is 22.7 Å². The largest absolute Gasteiger partial charge is 0.469 e. The van der Waals surface area contributed by atoms with Gasteiger partial charge in [0.25, 0.3) is 0 Å². The lowest BCUT2D eigenvalue weighted by Crippen LogP contribution is -2.49. The van der Waals surface area contributed by atoms with E-state index in [1.165, 1.54) is 26.2 Å². The SMILES string of the molecule is COC(=O)C1CCN(C(=O)C(C)NS(=O)(=O)c2ccc(C)cc2)CC1. The fraction of sp³-hybridized carbons (Fsp3) is 0.529. The molecule has 1 fully saturated rings. The van der Waals surface area contributed by atoms with Gasteiger partial charge in [0.1, 0.15) is 0 Å². The third-order valence-corrected chi connectivity index (χ3v) is 5.93. The van der Waals surface area contributed by atoms with Gasteiger partial charge in [0.2, 0.25) is 15.9 Å². The zero-order valence-corrected chi connectivity index (χ0v) is 15.5. The summed E-state index contributed by atoms with van der Waals surface area (Å²) in [6, 6.07) is 5.56. The lowest BCUT2D eigenvalue weighted by Gasteiger charge is -2.32. The smallest absolute Gasteiger partial charge is 0.308 e. The molecular formula is C17H24N2O5S. The Morgan fingerprint density at radius 2 is 1.76 bits per heavy atom. The van der Waals surface area contributed by atoms with Gasteiger partial charge in [-0.2, -0.15) is 4.72 Å². The first-order valence-electron chi connectivity index (χ1n) is 8.20. The van der Waals surface area contributed by atoms with Gasteiger partial charge in [0.05, 0.1) is 24.0 Å². The minimum Gasteiger partial charge on any atom is -0.469 e. The number of nitrogens with zero attached hydrogens (tertiary/aromatic N) is 1. The molecule has 1 aromatic carbocycles. The number of esters is 1. The number of likely N-dealkylation sites (tertiary alicyclic amines) is 1. The molecule has 1 aliphatic heterocycles. The molecule has 1 N–H and O–H groups in total. The monoisotopic (exact) mass is 368 g/mol.